The first-order valence-electron chi connectivity index (χ1n) is 10.9. The Balaban J connectivity index is 1.60. The van der Waals surface area contributed by atoms with Crippen molar-refractivity contribution < 1.29 is 33.1 Å². The molecule has 1 heterocycles. The Hall–Kier alpha value is -3.04. The summed E-state index contributed by atoms with van der Waals surface area (Å²) in [6, 6.07) is 17.8. The number of rotatable bonds is 9. The van der Waals surface area contributed by atoms with Gasteiger partial charge in [0.1, 0.15) is 22.7 Å². The van der Waals surface area contributed by atoms with Crippen LogP contribution in [0.2, 0.25) is 0 Å². The van der Waals surface area contributed by atoms with Gasteiger partial charge in [0.05, 0.1) is 29.5 Å². The van der Waals surface area contributed by atoms with E-state index in [9.17, 15) is 14.5 Å². The molecule has 3 aromatic carbocycles. The third kappa shape index (κ3) is 6.15. The van der Waals surface area contributed by atoms with E-state index in [1.54, 1.807) is 36.4 Å². The zero-order chi connectivity index (χ0) is 25.2. The fraction of sp³-hybridized carbons (Fsp3) is 0.240. The lowest BCUT2D eigenvalue weighted by Gasteiger charge is -2.27. The van der Waals surface area contributed by atoms with E-state index in [1.165, 1.54) is 0 Å². The first-order valence-corrected chi connectivity index (χ1v) is 12.4. The van der Waals surface area contributed by atoms with E-state index < -0.39 is 26.6 Å². The maximum atomic E-state index is 13.0. The van der Waals surface area contributed by atoms with Crippen molar-refractivity contribution in [3.63, 3.8) is 0 Å². The number of hydrogen-bond acceptors (Lipinski definition) is 7. The molecule has 0 aliphatic carbocycles. The first kappa shape index (κ1) is 25.1. The third-order valence-electron chi connectivity index (χ3n) is 5.68. The van der Waals surface area contributed by atoms with Gasteiger partial charge in [-0.25, -0.2) is 4.57 Å². The number of fused-ring (bicyclic) bond motifs is 2. The monoisotopic (exact) mass is 499 g/mol. The van der Waals surface area contributed by atoms with E-state index in [-0.39, 0.29) is 11.8 Å². The van der Waals surface area contributed by atoms with Gasteiger partial charge in [0.2, 0.25) is 5.43 Å². The molecule has 9 nitrogen and oxygen atoms in total. The second-order valence-corrected chi connectivity index (χ2v) is 9.86. The molecular weight excluding hydrogens is 473 g/mol. The van der Waals surface area contributed by atoms with Gasteiger partial charge >= 0.3 is 7.82 Å². The predicted octanol–water partition coefficient (Wildman–Crippen LogP) is 3.78. The van der Waals surface area contributed by atoms with Crippen LogP contribution in [0.3, 0.4) is 0 Å². The molecule has 35 heavy (non-hydrogen) atoms. The normalized spacial score (nSPS) is 13.7. The van der Waals surface area contributed by atoms with Crippen LogP contribution in [0.1, 0.15) is 17.5 Å². The van der Waals surface area contributed by atoms with E-state index in [0.717, 1.165) is 11.1 Å². The van der Waals surface area contributed by atoms with Gasteiger partial charge in [0, 0.05) is 6.07 Å². The van der Waals surface area contributed by atoms with Crippen molar-refractivity contribution >= 4 is 29.8 Å². The van der Waals surface area contributed by atoms with Gasteiger partial charge in [-0.2, -0.15) is 0 Å². The molecule has 0 amide bonds. The molecule has 10 heteroatoms. The molecule has 0 bridgehead atoms. The number of phosphoric acid groups is 1. The van der Waals surface area contributed by atoms with Gasteiger partial charge in [0.25, 0.3) is 0 Å². The van der Waals surface area contributed by atoms with Crippen LogP contribution in [0.25, 0.3) is 21.9 Å². The minimum atomic E-state index is -4.71. The summed E-state index contributed by atoms with van der Waals surface area (Å²) in [6.07, 6.45) is 0.539. The maximum absolute atomic E-state index is 13.0. The molecular formula is C25H26NO8P. The summed E-state index contributed by atoms with van der Waals surface area (Å²) in [4.78, 5) is 30.8. The SMILES string of the molecule is Cc1cccc(Oc2ccc3c(=O)c4ccc(CCC(N)(CO)COP(=O)(O)O)cc4oc3c2)c1. The Morgan fingerprint density at radius 2 is 1.69 bits per heavy atom. The highest BCUT2D eigenvalue weighted by Gasteiger charge is 2.28. The van der Waals surface area contributed by atoms with Gasteiger partial charge in [-0.15, -0.1) is 0 Å². The molecule has 0 saturated heterocycles. The second kappa shape index (κ2) is 9.91. The Morgan fingerprint density at radius 3 is 2.37 bits per heavy atom. The summed E-state index contributed by atoms with van der Waals surface area (Å²) in [5.74, 6) is 1.20. The molecule has 0 aliphatic rings. The van der Waals surface area contributed by atoms with E-state index >= 15 is 0 Å². The minimum Gasteiger partial charge on any atom is -0.457 e. The molecule has 0 aliphatic heterocycles. The summed E-state index contributed by atoms with van der Waals surface area (Å²) in [7, 11) is -4.71. The highest BCUT2D eigenvalue weighted by atomic mass is 31.2. The molecule has 0 fully saturated rings. The average molecular weight is 499 g/mol. The molecule has 0 radical (unpaired) electrons. The first-order chi connectivity index (χ1) is 16.5. The average Bonchev–Trinajstić information content (AvgIpc) is 2.81. The zero-order valence-electron chi connectivity index (χ0n) is 19.0. The number of hydrogen-bond donors (Lipinski definition) is 4. The quantitative estimate of drug-likeness (QED) is 0.199. The second-order valence-electron chi connectivity index (χ2n) is 8.62. The topological polar surface area (TPSA) is 152 Å². The van der Waals surface area contributed by atoms with Gasteiger partial charge in [-0.1, -0.05) is 18.2 Å². The molecule has 4 aromatic rings. The van der Waals surface area contributed by atoms with Crippen molar-refractivity contribution in [1.29, 1.82) is 0 Å². The van der Waals surface area contributed by atoms with Crippen LogP contribution in [0.5, 0.6) is 11.5 Å². The van der Waals surface area contributed by atoms with Crippen LogP contribution in [0.15, 0.2) is 69.9 Å². The Morgan fingerprint density at radius 1 is 1.00 bits per heavy atom. The van der Waals surface area contributed by atoms with Crippen LogP contribution in [0, 0.1) is 6.92 Å². The minimum absolute atomic E-state index is 0.173. The number of aryl methyl sites for hydroxylation is 2. The van der Waals surface area contributed by atoms with E-state index in [2.05, 4.69) is 4.52 Å². The molecule has 1 unspecified atom stereocenters. The Labute approximate surface area is 201 Å². The third-order valence-corrected chi connectivity index (χ3v) is 6.15. The number of aliphatic hydroxyl groups is 1. The molecule has 1 atom stereocenters. The fourth-order valence-electron chi connectivity index (χ4n) is 3.71. The van der Waals surface area contributed by atoms with Crippen molar-refractivity contribution in [2.45, 2.75) is 25.3 Å². The van der Waals surface area contributed by atoms with Crippen LogP contribution in [0.4, 0.5) is 0 Å². The molecule has 5 N–H and O–H groups in total. The summed E-state index contributed by atoms with van der Waals surface area (Å²) < 4.78 is 27.4. The number of aliphatic hydroxyl groups excluding tert-OH is 1. The van der Waals surface area contributed by atoms with Crippen molar-refractivity contribution in [2.24, 2.45) is 5.73 Å². The molecule has 4 rings (SSSR count). The largest absolute Gasteiger partial charge is 0.469 e. The van der Waals surface area contributed by atoms with Gasteiger partial charge in [0.15, 0.2) is 0 Å². The van der Waals surface area contributed by atoms with Crippen LogP contribution < -0.4 is 15.9 Å². The van der Waals surface area contributed by atoms with Crippen molar-refractivity contribution in [3.8, 4) is 11.5 Å². The molecule has 1 aromatic heterocycles. The molecule has 0 saturated carbocycles. The van der Waals surface area contributed by atoms with Crippen molar-refractivity contribution in [2.75, 3.05) is 13.2 Å². The number of phosphoric ester groups is 1. The lowest BCUT2D eigenvalue weighted by Crippen LogP contribution is -2.48. The van der Waals surface area contributed by atoms with Gasteiger partial charge in [-0.05, 0) is 67.3 Å². The maximum Gasteiger partial charge on any atom is 0.469 e. The van der Waals surface area contributed by atoms with E-state index in [4.69, 9.17) is 24.7 Å². The molecule has 184 valence electrons. The summed E-state index contributed by atoms with van der Waals surface area (Å²) in [6.45, 7) is 0.935. The van der Waals surface area contributed by atoms with E-state index in [1.807, 2.05) is 31.2 Å². The standard InChI is InChI=1S/C25H26NO8P/c1-16-3-2-4-18(11-16)33-19-6-8-21-23(13-19)34-22-12-17(5-7-20(22)24(21)28)9-10-25(26,14-27)15-32-35(29,30)31/h2-8,11-13,27H,9-10,14-15,26H2,1H3,(H2,29,30,31). The highest BCUT2D eigenvalue weighted by Crippen LogP contribution is 2.37. The Kier molecular flexibility index (Phi) is 7.10. The highest BCUT2D eigenvalue weighted by molar-refractivity contribution is 7.46. The number of nitrogens with two attached hydrogens (primary N) is 1. The van der Waals surface area contributed by atoms with Crippen LogP contribution in [-0.2, 0) is 15.5 Å². The summed E-state index contributed by atoms with van der Waals surface area (Å²) in [5.41, 5.74) is 7.12. The lowest BCUT2D eigenvalue weighted by molar-refractivity contribution is 0.102. The number of benzene rings is 3. The fourth-order valence-corrected chi connectivity index (χ4v) is 4.14. The van der Waals surface area contributed by atoms with Crippen molar-refractivity contribution in [3.05, 3.63) is 82.0 Å². The Bertz CT molecular complexity index is 1480. The summed E-state index contributed by atoms with van der Waals surface area (Å²) >= 11 is 0. The van der Waals surface area contributed by atoms with Gasteiger partial charge in [-0.3, -0.25) is 9.32 Å². The smallest absolute Gasteiger partial charge is 0.457 e. The van der Waals surface area contributed by atoms with Crippen molar-refractivity contribution in [1.82, 2.24) is 0 Å². The zero-order valence-corrected chi connectivity index (χ0v) is 19.9. The number of ether oxygens (including phenoxy) is 1. The van der Waals surface area contributed by atoms with Gasteiger partial charge < -0.3 is 29.8 Å². The summed E-state index contributed by atoms with van der Waals surface area (Å²) in [5, 5.41) is 10.4. The van der Waals surface area contributed by atoms with Crippen LogP contribution in [-0.4, -0.2) is 33.6 Å². The van der Waals surface area contributed by atoms with E-state index in [0.29, 0.717) is 39.9 Å². The lowest BCUT2D eigenvalue weighted by atomic mass is 9.93. The molecule has 0 spiro atoms. The van der Waals surface area contributed by atoms with Crippen LogP contribution >= 0.6 is 7.82 Å². The predicted molar refractivity (Wildman–Crippen MR) is 132 cm³/mol.